The first-order valence-electron chi connectivity index (χ1n) is 7.88. The van der Waals surface area contributed by atoms with Crippen molar-refractivity contribution in [2.75, 3.05) is 53.5 Å². The minimum Gasteiger partial charge on any atom is -0.493 e. The molecule has 23 heavy (non-hydrogen) atoms. The maximum atomic E-state index is 11.8. The molecular formula is C16H26N4O3. The molecule has 0 bridgehead atoms. The first-order valence-corrected chi connectivity index (χ1v) is 7.88. The summed E-state index contributed by atoms with van der Waals surface area (Å²) >= 11 is 0. The van der Waals surface area contributed by atoms with Gasteiger partial charge in [-0.2, -0.15) is 0 Å². The van der Waals surface area contributed by atoms with Crippen LogP contribution in [0.2, 0.25) is 0 Å². The van der Waals surface area contributed by atoms with Crippen LogP contribution in [0, 0.1) is 0 Å². The van der Waals surface area contributed by atoms with Crippen LogP contribution in [0.15, 0.2) is 18.2 Å². The number of carbonyl (C=O) groups excluding carboxylic acids is 1. The lowest BCUT2D eigenvalue weighted by atomic mass is 10.2. The van der Waals surface area contributed by atoms with E-state index in [1.165, 1.54) is 0 Å². The van der Waals surface area contributed by atoms with Gasteiger partial charge in [0.05, 0.1) is 14.2 Å². The number of benzene rings is 1. The molecule has 128 valence electrons. The van der Waals surface area contributed by atoms with Crippen LogP contribution in [-0.2, 0) is 6.54 Å². The Labute approximate surface area is 137 Å². The third-order valence-electron chi connectivity index (χ3n) is 3.82. The Morgan fingerprint density at radius 1 is 1.17 bits per heavy atom. The highest BCUT2D eigenvalue weighted by atomic mass is 16.5. The van der Waals surface area contributed by atoms with Crippen LogP contribution in [0.3, 0.4) is 0 Å². The van der Waals surface area contributed by atoms with Gasteiger partial charge in [-0.1, -0.05) is 6.07 Å². The van der Waals surface area contributed by atoms with E-state index in [1.54, 1.807) is 14.2 Å². The van der Waals surface area contributed by atoms with E-state index in [0.29, 0.717) is 24.6 Å². The molecule has 0 atom stereocenters. The van der Waals surface area contributed by atoms with Gasteiger partial charge in [-0.3, -0.25) is 4.90 Å². The van der Waals surface area contributed by atoms with Crippen molar-refractivity contribution >= 4 is 6.03 Å². The van der Waals surface area contributed by atoms with Crippen molar-refractivity contribution < 1.29 is 14.3 Å². The molecule has 1 aromatic rings. The molecule has 0 aliphatic carbocycles. The molecule has 7 heteroatoms. The van der Waals surface area contributed by atoms with Crippen LogP contribution in [0.1, 0.15) is 5.56 Å². The number of hydrogen-bond donors (Lipinski definition) is 3. The lowest BCUT2D eigenvalue weighted by Crippen LogP contribution is -2.47. The molecule has 1 saturated heterocycles. The molecule has 7 nitrogen and oxygen atoms in total. The van der Waals surface area contributed by atoms with Gasteiger partial charge in [0.25, 0.3) is 0 Å². The van der Waals surface area contributed by atoms with E-state index in [9.17, 15) is 4.79 Å². The third kappa shape index (κ3) is 5.61. The number of ether oxygens (including phenoxy) is 2. The highest BCUT2D eigenvalue weighted by molar-refractivity contribution is 5.73. The largest absolute Gasteiger partial charge is 0.493 e. The minimum atomic E-state index is -0.157. The van der Waals surface area contributed by atoms with Gasteiger partial charge in [0.1, 0.15) is 0 Å². The fraction of sp³-hybridized carbons (Fsp3) is 0.562. The Bertz CT molecular complexity index is 504. The fourth-order valence-electron chi connectivity index (χ4n) is 2.50. The molecular weight excluding hydrogens is 296 g/mol. The standard InChI is InChI=1S/C16H26N4O3/c1-22-14-4-3-13(11-15(14)23-2)12-19-16(21)18-7-10-20-8-5-17-6-9-20/h3-4,11,17H,5-10,12H2,1-2H3,(H2,18,19,21). The summed E-state index contributed by atoms with van der Waals surface area (Å²) in [6, 6.07) is 5.44. The van der Waals surface area contributed by atoms with Crippen molar-refractivity contribution in [1.82, 2.24) is 20.9 Å². The van der Waals surface area contributed by atoms with Gasteiger partial charge < -0.3 is 25.4 Å². The minimum absolute atomic E-state index is 0.157. The van der Waals surface area contributed by atoms with Gasteiger partial charge in [-0.15, -0.1) is 0 Å². The molecule has 0 saturated carbocycles. The SMILES string of the molecule is COc1ccc(CNC(=O)NCCN2CCNCC2)cc1OC. The van der Waals surface area contributed by atoms with Crippen molar-refractivity contribution in [2.45, 2.75) is 6.54 Å². The van der Waals surface area contributed by atoms with Gasteiger partial charge in [-0.05, 0) is 17.7 Å². The maximum Gasteiger partial charge on any atom is 0.315 e. The van der Waals surface area contributed by atoms with Gasteiger partial charge >= 0.3 is 6.03 Å². The summed E-state index contributed by atoms with van der Waals surface area (Å²) in [6.45, 7) is 6.09. The Balaban J connectivity index is 1.69. The molecule has 1 aliphatic rings. The number of nitrogens with one attached hydrogen (secondary N) is 3. The zero-order valence-electron chi connectivity index (χ0n) is 13.9. The number of carbonyl (C=O) groups is 1. The lowest BCUT2D eigenvalue weighted by molar-refractivity contribution is 0.226. The topological polar surface area (TPSA) is 74.9 Å². The predicted molar refractivity (Wildman–Crippen MR) is 89.1 cm³/mol. The van der Waals surface area contributed by atoms with Crippen LogP contribution in [0.5, 0.6) is 11.5 Å². The quantitative estimate of drug-likeness (QED) is 0.678. The Hall–Kier alpha value is -1.99. The zero-order chi connectivity index (χ0) is 16.5. The summed E-state index contributed by atoms with van der Waals surface area (Å²) < 4.78 is 10.4. The van der Waals surface area contributed by atoms with Crippen molar-refractivity contribution in [1.29, 1.82) is 0 Å². The molecule has 1 fully saturated rings. The molecule has 3 N–H and O–H groups in total. The summed E-state index contributed by atoms with van der Waals surface area (Å²) in [7, 11) is 3.19. The first-order chi connectivity index (χ1) is 11.2. The predicted octanol–water partition coefficient (Wildman–Crippen LogP) is 0.408. The van der Waals surface area contributed by atoms with E-state index in [2.05, 4.69) is 20.9 Å². The van der Waals surface area contributed by atoms with E-state index >= 15 is 0 Å². The number of methoxy groups -OCH3 is 2. The van der Waals surface area contributed by atoms with E-state index < -0.39 is 0 Å². The van der Waals surface area contributed by atoms with E-state index in [-0.39, 0.29) is 6.03 Å². The number of hydrogen-bond acceptors (Lipinski definition) is 5. The van der Waals surface area contributed by atoms with Crippen LogP contribution in [0.25, 0.3) is 0 Å². The van der Waals surface area contributed by atoms with E-state index in [4.69, 9.17) is 9.47 Å². The average Bonchev–Trinajstić information content (AvgIpc) is 2.60. The third-order valence-corrected chi connectivity index (χ3v) is 3.82. The molecule has 2 amide bonds. The summed E-state index contributed by atoms with van der Waals surface area (Å²) in [5, 5.41) is 9.04. The number of rotatable bonds is 7. The van der Waals surface area contributed by atoms with E-state index in [1.807, 2.05) is 18.2 Å². The Morgan fingerprint density at radius 3 is 2.61 bits per heavy atom. The number of nitrogens with zero attached hydrogens (tertiary/aromatic N) is 1. The van der Waals surface area contributed by atoms with Crippen molar-refractivity contribution in [3.05, 3.63) is 23.8 Å². The molecule has 0 radical (unpaired) electrons. The Kier molecular flexibility index (Phi) is 6.96. The second kappa shape index (κ2) is 9.22. The zero-order valence-corrected chi connectivity index (χ0v) is 13.9. The van der Waals surface area contributed by atoms with Gasteiger partial charge in [0, 0.05) is 45.8 Å². The first kappa shape index (κ1) is 17.4. The summed E-state index contributed by atoms with van der Waals surface area (Å²) in [5.74, 6) is 1.34. The highest BCUT2D eigenvalue weighted by Gasteiger charge is 2.09. The number of amides is 2. The second-order valence-electron chi connectivity index (χ2n) is 5.39. The molecule has 0 aromatic heterocycles. The molecule has 2 rings (SSSR count). The molecule has 0 unspecified atom stereocenters. The van der Waals surface area contributed by atoms with Crippen LogP contribution in [0.4, 0.5) is 4.79 Å². The Morgan fingerprint density at radius 2 is 1.91 bits per heavy atom. The molecule has 1 aromatic carbocycles. The highest BCUT2D eigenvalue weighted by Crippen LogP contribution is 2.27. The molecule has 1 heterocycles. The summed E-state index contributed by atoms with van der Waals surface area (Å²) in [5.41, 5.74) is 0.958. The van der Waals surface area contributed by atoms with Crippen LogP contribution >= 0.6 is 0 Å². The molecule has 1 aliphatic heterocycles. The van der Waals surface area contributed by atoms with Crippen LogP contribution in [-0.4, -0.2) is 64.4 Å². The van der Waals surface area contributed by atoms with Crippen molar-refractivity contribution in [3.8, 4) is 11.5 Å². The van der Waals surface area contributed by atoms with Gasteiger partial charge in [0.15, 0.2) is 11.5 Å². The van der Waals surface area contributed by atoms with Crippen molar-refractivity contribution in [3.63, 3.8) is 0 Å². The van der Waals surface area contributed by atoms with Crippen molar-refractivity contribution in [2.24, 2.45) is 0 Å². The second-order valence-corrected chi connectivity index (χ2v) is 5.39. The average molecular weight is 322 g/mol. The summed E-state index contributed by atoms with van der Waals surface area (Å²) in [4.78, 5) is 14.2. The number of urea groups is 1. The number of piperazine rings is 1. The fourth-order valence-corrected chi connectivity index (χ4v) is 2.50. The smallest absolute Gasteiger partial charge is 0.315 e. The molecule has 0 spiro atoms. The maximum absolute atomic E-state index is 11.8. The van der Waals surface area contributed by atoms with E-state index in [0.717, 1.165) is 38.3 Å². The normalized spacial score (nSPS) is 15.0. The van der Waals surface area contributed by atoms with Crippen LogP contribution < -0.4 is 25.4 Å². The monoisotopic (exact) mass is 322 g/mol. The summed E-state index contributed by atoms with van der Waals surface area (Å²) in [6.07, 6.45) is 0. The van der Waals surface area contributed by atoms with Gasteiger partial charge in [0.2, 0.25) is 0 Å². The lowest BCUT2D eigenvalue weighted by Gasteiger charge is -2.27. The van der Waals surface area contributed by atoms with Gasteiger partial charge in [-0.25, -0.2) is 4.79 Å².